The molecule has 1 aromatic heterocycles. The number of Topliss-reactive ketones (excluding diaryl/α,β-unsaturated/α-hetero) is 1. The molecule has 0 radical (unpaired) electrons. The van der Waals surface area contributed by atoms with Gasteiger partial charge in [0.2, 0.25) is 11.5 Å². The van der Waals surface area contributed by atoms with Crippen molar-refractivity contribution in [1.82, 2.24) is 4.98 Å². The zero-order valence-electron chi connectivity index (χ0n) is 6.91. The summed E-state index contributed by atoms with van der Waals surface area (Å²) in [7, 11) is 0. The van der Waals surface area contributed by atoms with Crippen molar-refractivity contribution in [2.45, 2.75) is 0 Å². The zero-order valence-corrected chi connectivity index (χ0v) is 6.91. The highest BCUT2D eigenvalue weighted by molar-refractivity contribution is 6.67. The largest absolute Gasteiger partial charge is 0.476 e. The molecular weight excluding hydrogens is 188 g/mol. The number of aromatic nitrogens is 1. The van der Waals surface area contributed by atoms with Gasteiger partial charge in [-0.15, -0.1) is 0 Å². The van der Waals surface area contributed by atoms with Crippen molar-refractivity contribution in [3.63, 3.8) is 0 Å². The lowest BCUT2D eigenvalue weighted by molar-refractivity contribution is -0.129. The predicted molar refractivity (Wildman–Crippen MR) is 45.4 cm³/mol. The fraction of sp³-hybridized carbons (Fsp3) is 0. The van der Waals surface area contributed by atoms with E-state index >= 15 is 0 Å². The highest BCUT2D eigenvalue weighted by atomic mass is 16.4. The molecule has 1 rings (SSSR count). The standard InChI is InChI=1S/C8H6N2O4/c11-7(6(10-14)8(12)13)5-1-3-9-4-2-5/h1-4,14H,(H,12,13). The van der Waals surface area contributed by atoms with Crippen molar-refractivity contribution < 1.29 is 19.9 Å². The quantitative estimate of drug-likeness (QED) is 0.235. The molecule has 0 amide bonds. The minimum absolute atomic E-state index is 0.107. The Bertz CT molecular complexity index is 386. The monoisotopic (exact) mass is 194 g/mol. The van der Waals surface area contributed by atoms with Crippen molar-refractivity contribution in [1.29, 1.82) is 0 Å². The summed E-state index contributed by atoms with van der Waals surface area (Å²) in [4.78, 5) is 25.4. The lowest BCUT2D eigenvalue weighted by atomic mass is 10.1. The van der Waals surface area contributed by atoms with Crippen LogP contribution in [-0.2, 0) is 4.79 Å². The van der Waals surface area contributed by atoms with E-state index in [4.69, 9.17) is 10.3 Å². The first-order chi connectivity index (χ1) is 6.66. The van der Waals surface area contributed by atoms with Crippen LogP contribution < -0.4 is 0 Å². The van der Waals surface area contributed by atoms with Crippen LogP contribution in [0.3, 0.4) is 0 Å². The van der Waals surface area contributed by atoms with E-state index in [0.29, 0.717) is 0 Å². The average molecular weight is 194 g/mol. The van der Waals surface area contributed by atoms with Gasteiger partial charge in [-0.25, -0.2) is 4.79 Å². The highest BCUT2D eigenvalue weighted by Crippen LogP contribution is 2.00. The van der Waals surface area contributed by atoms with Gasteiger partial charge in [0, 0.05) is 18.0 Å². The molecule has 0 saturated heterocycles. The minimum Gasteiger partial charge on any atom is -0.476 e. The molecule has 0 saturated carbocycles. The van der Waals surface area contributed by atoms with Gasteiger partial charge >= 0.3 is 5.97 Å². The molecular formula is C8H6N2O4. The van der Waals surface area contributed by atoms with Gasteiger partial charge in [-0.05, 0) is 12.1 Å². The van der Waals surface area contributed by atoms with Crippen LogP contribution in [0, 0.1) is 0 Å². The number of ketones is 1. The second-order valence-electron chi connectivity index (χ2n) is 2.32. The van der Waals surface area contributed by atoms with Gasteiger partial charge in [0.15, 0.2) is 0 Å². The Labute approximate surface area is 78.5 Å². The summed E-state index contributed by atoms with van der Waals surface area (Å²) in [5.41, 5.74) is -0.814. The first-order valence-corrected chi connectivity index (χ1v) is 3.57. The van der Waals surface area contributed by atoms with Crippen molar-refractivity contribution in [3.8, 4) is 0 Å². The number of aliphatic carboxylic acids is 1. The number of carbonyl (C=O) groups excluding carboxylic acids is 1. The number of carbonyl (C=O) groups is 2. The lowest BCUT2D eigenvalue weighted by Gasteiger charge is -1.97. The number of hydrogen-bond donors (Lipinski definition) is 2. The first kappa shape index (κ1) is 9.85. The van der Waals surface area contributed by atoms with Crippen LogP contribution in [0.5, 0.6) is 0 Å². The third kappa shape index (κ3) is 1.92. The van der Waals surface area contributed by atoms with Crippen LogP contribution in [0.25, 0.3) is 0 Å². The number of rotatable bonds is 3. The van der Waals surface area contributed by atoms with E-state index in [2.05, 4.69) is 10.1 Å². The summed E-state index contributed by atoms with van der Waals surface area (Å²) >= 11 is 0. The Kier molecular flexibility index (Phi) is 2.90. The van der Waals surface area contributed by atoms with E-state index in [1.165, 1.54) is 24.5 Å². The number of hydrogen-bond acceptors (Lipinski definition) is 5. The normalized spacial score (nSPS) is 11.0. The molecule has 0 spiro atoms. The third-order valence-electron chi connectivity index (χ3n) is 1.46. The van der Waals surface area contributed by atoms with E-state index in [0.717, 1.165) is 0 Å². The first-order valence-electron chi connectivity index (χ1n) is 3.57. The maximum Gasteiger partial charge on any atom is 0.362 e. The van der Waals surface area contributed by atoms with Crippen LogP contribution in [0.1, 0.15) is 10.4 Å². The van der Waals surface area contributed by atoms with E-state index in [1.54, 1.807) is 0 Å². The second kappa shape index (κ2) is 4.13. The Morgan fingerprint density at radius 1 is 1.29 bits per heavy atom. The van der Waals surface area contributed by atoms with Crippen LogP contribution in [0.2, 0.25) is 0 Å². The number of carboxylic acid groups (broad SMARTS) is 1. The molecule has 72 valence electrons. The zero-order chi connectivity index (χ0) is 10.6. The Hall–Kier alpha value is -2.24. The fourth-order valence-electron chi connectivity index (χ4n) is 0.825. The summed E-state index contributed by atoms with van der Waals surface area (Å²) in [6.07, 6.45) is 2.67. The molecule has 1 heterocycles. The molecule has 14 heavy (non-hydrogen) atoms. The van der Waals surface area contributed by atoms with Gasteiger partial charge in [-0.1, -0.05) is 5.16 Å². The van der Waals surface area contributed by atoms with Gasteiger partial charge in [-0.3, -0.25) is 9.78 Å². The molecule has 2 N–H and O–H groups in total. The Balaban J connectivity index is 3.02. The number of nitrogens with zero attached hydrogens (tertiary/aromatic N) is 2. The van der Waals surface area contributed by atoms with Gasteiger partial charge in [-0.2, -0.15) is 0 Å². The van der Waals surface area contributed by atoms with Crippen molar-refractivity contribution in [2.24, 2.45) is 5.16 Å². The molecule has 1 aromatic rings. The minimum atomic E-state index is -1.57. The third-order valence-corrected chi connectivity index (χ3v) is 1.46. The molecule has 0 aliphatic heterocycles. The topological polar surface area (TPSA) is 99.9 Å². The van der Waals surface area contributed by atoms with Gasteiger partial charge in [0.05, 0.1) is 0 Å². The SMILES string of the molecule is O=C(O)C(=NO)C(=O)c1ccncc1. The average Bonchev–Trinajstić information content (AvgIpc) is 2.19. The number of carboxylic acids is 1. The molecule has 0 bridgehead atoms. The summed E-state index contributed by atoms with van der Waals surface area (Å²) in [6, 6.07) is 2.66. The highest BCUT2D eigenvalue weighted by Gasteiger charge is 2.21. The van der Waals surface area contributed by atoms with Crippen molar-refractivity contribution in [2.75, 3.05) is 0 Å². The summed E-state index contributed by atoms with van der Waals surface area (Å²) < 4.78 is 0. The maximum absolute atomic E-state index is 11.3. The molecule has 0 aliphatic rings. The van der Waals surface area contributed by atoms with Gasteiger partial charge in [0.25, 0.3) is 0 Å². The fourth-order valence-corrected chi connectivity index (χ4v) is 0.825. The van der Waals surface area contributed by atoms with Crippen molar-refractivity contribution in [3.05, 3.63) is 30.1 Å². The van der Waals surface area contributed by atoms with Crippen molar-refractivity contribution >= 4 is 17.5 Å². The maximum atomic E-state index is 11.3. The molecule has 0 aliphatic carbocycles. The molecule has 6 heteroatoms. The van der Waals surface area contributed by atoms with Crippen LogP contribution in [-0.4, -0.2) is 32.8 Å². The molecule has 6 nitrogen and oxygen atoms in total. The van der Waals surface area contributed by atoms with E-state index in [1.807, 2.05) is 0 Å². The van der Waals surface area contributed by atoms with Crippen LogP contribution >= 0.6 is 0 Å². The smallest absolute Gasteiger partial charge is 0.362 e. The molecule has 0 aromatic carbocycles. The summed E-state index contributed by atoms with van der Waals surface area (Å²) in [6.45, 7) is 0. The van der Waals surface area contributed by atoms with Gasteiger partial charge < -0.3 is 10.3 Å². The molecule has 0 fully saturated rings. The summed E-state index contributed by atoms with van der Waals surface area (Å²) in [5, 5.41) is 19.2. The van der Waals surface area contributed by atoms with E-state index < -0.39 is 17.5 Å². The number of oxime groups is 1. The summed E-state index contributed by atoms with van der Waals surface area (Å²) in [5.74, 6) is -2.43. The Morgan fingerprint density at radius 2 is 1.86 bits per heavy atom. The van der Waals surface area contributed by atoms with Gasteiger partial charge in [0.1, 0.15) is 0 Å². The molecule has 0 atom stereocenters. The van der Waals surface area contributed by atoms with Crippen LogP contribution in [0.15, 0.2) is 29.7 Å². The molecule has 0 unspecified atom stereocenters. The number of pyridine rings is 1. The van der Waals surface area contributed by atoms with E-state index in [9.17, 15) is 9.59 Å². The Morgan fingerprint density at radius 3 is 2.29 bits per heavy atom. The van der Waals surface area contributed by atoms with Crippen LogP contribution in [0.4, 0.5) is 0 Å². The predicted octanol–water partition coefficient (Wildman–Crippen LogP) is 0.179. The second-order valence-corrected chi connectivity index (χ2v) is 2.32. The lowest BCUT2D eigenvalue weighted by Crippen LogP contribution is -2.23. The van der Waals surface area contributed by atoms with E-state index in [-0.39, 0.29) is 5.56 Å².